The van der Waals surface area contributed by atoms with Crippen LogP contribution in [0.2, 0.25) is 0 Å². The van der Waals surface area contributed by atoms with Crippen LogP contribution in [0.4, 0.5) is 0 Å². The summed E-state index contributed by atoms with van der Waals surface area (Å²) in [5.41, 5.74) is 3.55. The Kier molecular flexibility index (Phi) is 3.88. The van der Waals surface area contributed by atoms with Gasteiger partial charge in [-0.1, -0.05) is 0 Å². The number of aryl methyl sites for hydroxylation is 2. The molecule has 0 aliphatic carbocycles. The molecular formula is C12H18N2O2. The first-order valence-corrected chi connectivity index (χ1v) is 5.33. The maximum Gasteiger partial charge on any atom is 0.333 e. The Balaban J connectivity index is 3.02. The van der Waals surface area contributed by atoms with Gasteiger partial charge in [-0.3, -0.25) is 4.68 Å². The quantitative estimate of drug-likeness (QED) is 0.580. The van der Waals surface area contributed by atoms with Gasteiger partial charge >= 0.3 is 5.97 Å². The van der Waals surface area contributed by atoms with E-state index in [-0.39, 0.29) is 5.97 Å². The van der Waals surface area contributed by atoms with Crippen LogP contribution in [0.5, 0.6) is 0 Å². The van der Waals surface area contributed by atoms with E-state index < -0.39 is 0 Å². The lowest BCUT2D eigenvalue weighted by molar-refractivity contribution is -0.138. The molecule has 0 fully saturated rings. The van der Waals surface area contributed by atoms with E-state index in [1.54, 1.807) is 18.5 Å². The zero-order valence-electron chi connectivity index (χ0n) is 10.5. The summed E-state index contributed by atoms with van der Waals surface area (Å²) in [6.45, 7) is 7.85. The summed E-state index contributed by atoms with van der Waals surface area (Å²) < 4.78 is 6.73. The van der Waals surface area contributed by atoms with E-state index in [0.29, 0.717) is 12.2 Å². The zero-order valence-corrected chi connectivity index (χ0v) is 10.5. The van der Waals surface area contributed by atoms with Crippen LogP contribution in [0.1, 0.15) is 30.8 Å². The number of nitrogens with zero attached hydrogens (tertiary/aromatic N) is 2. The van der Waals surface area contributed by atoms with Crippen molar-refractivity contribution in [1.29, 1.82) is 0 Å². The molecule has 1 aromatic rings. The summed E-state index contributed by atoms with van der Waals surface area (Å²) in [5.74, 6) is -0.273. The van der Waals surface area contributed by atoms with Crippen LogP contribution in [-0.2, 0) is 16.6 Å². The SMILES string of the molecule is CCOC(=O)C(C)=Cc1c(C)nn(C)c1C. The van der Waals surface area contributed by atoms with Crippen molar-refractivity contribution in [3.63, 3.8) is 0 Å². The van der Waals surface area contributed by atoms with Gasteiger partial charge in [-0.05, 0) is 33.8 Å². The number of aromatic nitrogens is 2. The van der Waals surface area contributed by atoms with Gasteiger partial charge in [-0.25, -0.2) is 4.79 Å². The van der Waals surface area contributed by atoms with Crippen LogP contribution in [0.3, 0.4) is 0 Å². The molecule has 0 N–H and O–H groups in total. The number of hydrogen-bond acceptors (Lipinski definition) is 3. The van der Waals surface area contributed by atoms with Crippen LogP contribution in [-0.4, -0.2) is 22.4 Å². The van der Waals surface area contributed by atoms with Gasteiger partial charge in [-0.15, -0.1) is 0 Å². The highest BCUT2D eigenvalue weighted by Gasteiger charge is 2.10. The highest BCUT2D eigenvalue weighted by Crippen LogP contribution is 2.16. The molecule has 0 aromatic carbocycles. The number of esters is 1. The van der Waals surface area contributed by atoms with E-state index in [4.69, 9.17) is 4.74 Å². The highest BCUT2D eigenvalue weighted by atomic mass is 16.5. The average Bonchev–Trinajstić information content (AvgIpc) is 2.45. The minimum atomic E-state index is -0.273. The number of carbonyl (C=O) groups is 1. The maximum atomic E-state index is 11.5. The first kappa shape index (κ1) is 12.5. The Bertz CT molecular complexity index is 430. The predicted molar refractivity (Wildman–Crippen MR) is 63.0 cm³/mol. The summed E-state index contributed by atoms with van der Waals surface area (Å²) in [5, 5.41) is 4.29. The molecule has 0 saturated heterocycles. The van der Waals surface area contributed by atoms with E-state index in [0.717, 1.165) is 17.0 Å². The van der Waals surface area contributed by atoms with Gasteiger partial charge in [0.05, 0.1) is 12.3 Å². The molecule has 16 heavy (non-hydrogen) atoms. The van der Waals surface area contributed by atoms with Crippen molar-refractivity contribution in [3.8, 4) is 0 Å². The monoisotopic (exact) mass is 222 g/mol. The smallest absolute Gasteiger partial charge is 0.333 e. The molecule has 0 atom stereocenters. The van der Waals surface area contributed by atoms with Crippen molar-refractivity contribution in [2.45, 2.75) is 27.7 Å². The highest BCUT2D eigenvalue weighted by molar-refractivity contribution is 5.93. The lowest BCUT2D eigenvalue weighted by atomic mass is 10.1. The van der Waals surface area contributed by atoms with Crippen molar-refractivity contribution in [2.24, 2.45) is 7.05 Å². The minimum Gasteiger partial charge on any atom is -0.463 e. The second kappa shape index (κ2) is 4.96. The Hall–Kier alpha value is -1.58. The topological polar surface area (TPSA) is 44.1 Å². The van der Waals surface area contributed by atoms with Crippen LogP contribution < -0.4 is 0 Å². The van der Waals surface area contributed by atoms with Crippen molar-refractivity contribution in [1.82, 2.24) is 9.78 Å². The van der Waals surface area contributed by atoms with Crippen LogP contribution in [0.15, 0.2) is 5.57 Å². The number of hydrogen-bond donors (Lipinski definition) is 0. The molecule has 0 bridgehead atoms. The molecule has 0 aliphatic rings. The van der Waals surface area contributed by atoms with Gasteiger partial charge in [0.2, 0.25) is 0 Å². The van der Waals surface area contributed by atoms with Crippen LogP contribution in [0, 0.1) is 13.8 Å². The fourth-order valence-corrected chi connectivity index (χ4v) is 1.52. The first-order chi connectivity index (χ1) is 7.47. The molecule has 4 heteroatoms. The number of ether oxygens (including phenoxy) is 1. The summed E-state index contributed by atoms with van der Waals surface area (Å²) in [7, 11) is 1.89. The van der Waals surface area contributed by atoms with Crippen molar-refractivity contribution < 1.29 is 9.53 Å². The van der Waals surface area contributed by atoms with Crippen molar-refractivity contribution in [2.75, 3.05) is 6.61 Å². The third-order valence-corrected chi connectivity index (χ3v) is 2.52. The Morgan fingerprint density at radius 2 is 2.12 bits per heavy atom. The molecule has 0 aliphatic heterocycles. The van der Waals surface area contributed by atoms with Gasteiger partial charge in [0.1, 0.15) is 0 Å². The fraction of sp³-hybridized carbons (Fsp3) is 0.500. The third-order valence-electron chi connectivity index (χ3n) is 2.52. The molecule has 0 unspecified atom stereocenters. The van der Waals surface area contributed by atoms with Gasteiger partial charge in [0.25, 0.3) is 0 Å². The second-order valence-electron chi connectivity index (χ2n) is 3.76. The van der Waals surface area contributed by atoms with Crippen LogP contribution >= 0.6 is 0 Å². The largest absolute Gasteiger partial charge is 0.463 e. The summed E-state index contributed by atoms with van der Waals surface area (Å²) in [6.07, 6.45) is 1.83. The fourth-order valence-electron chi connectivity index (χ4n) is 1.52. The summed E-state index contributed by atoms with van der Waals surface area (Å²) in [4.78, 5) is 11.5. The van der Waals surface area contributed by atoms with E-state index in [2.05, 4.69) is 5.10 Å². The summed E-state index contributed by atoms with van der Waals surface area (Å²) >= 11 is 0. The molecular weight excluding hydrogens is 204 g/mol. The molecule has 0 spiro atoms. The molecule has 0 saturated carbocycles. The summed E-state index contributed by atoms with van der Waals surface area (Å²) in [6, 6.07) is 0. The first-order valence-electron chi connectivity index (χ1n) is 5.33. The average molecular weight is 222 g/mol. The lowest BCUT2D eigenvalue weighted by Crippen LogP contribution is -2.05. The van der Waals surface area contributed by atoms with Crippen molar-refractivity contribution >= 4 is 12.0 Å². The van der Waals surface area contributed by atoms with E-state index in [1.165, 1.54) is 0 Å². The van der Waals surface area contributed by atoms with Gasteiger partial charge in [0.15, 0.2) is 0 Å². The predicted octanol–water partition coefficient (Wildman–Crippen LogP) is 2.00. The molecule has 88 valence electrons. The lowest BCUT2D eigenvalue weighted by Gasteiger charge is -2.01. The Morgan fingerprint density at radius 1 is 1.50 bits per heavy atom. The number of rotatable bonds is 3. The normalized spacial score (nSPS) is 11.7. The maximum absolute atomic E-state index is 11.5. The van der Waals surface area contributed by atoms with E-state index >= 15 is 0 Å². The van der Waals surface area contributed by atoms with Gasteiger partial charge in [0, 0.05) is 23.9 Å². The third kappa shape index (κ3) is 2.51. The molecule has 1 aromatic heterocycles. The van der Waals surface area contributed by atoms with Gasteiger partial charge in [-0.2, -0.15) is 5.10 Å². The Morgan fingerprint density at radius 3 is 2.56 bits per heavy atom. The molecule has 0 radical (unpaired) electrons. The molecule has 4 nitrogen and oxygen atoms in total. The van der Waals surface area contributed by atoms with Crippen molar-refractivity contribution in [3.05, 3.63) is 22.5 Å². The van der Waals surface area contributed by atoms with Crippen LogP contribution in [0.25, 0.3) is 6.08 Å². The van der Waals surface area contributed by atoms with Gasteiger partial charge < -0.3 is 4.74 Å². The minimum absolute atomic E-state index is 0.273. The standard InChI is InChI=1S/C12H18N2O2/c1-6-16-12(15)8(2)7-11-9(3)13-14(5)10(11)4/h7H,6H2,1-5H3. The van der Waals surface area contributed by atoms with E-state index in [1.807, 2.05) is 27.0 Å². The second-order valence-corrected chi connectivity index (χ2v) is 3.76. The zero-order chi connectivity index (χ0) is 12.3. The Labute approximate surface area is 95.9 Å². The molecule has 0 amide bonds. The van der Waals surface area contributed by atoms with E-state index in [9.17, 15) is 4.79 Å². The molecule has 1 heterocycles. The molecule has 1 rings (SSSR count). The number of carbonyl (C=O) groups excluding carboxylic acids is 1.